The second-order valence-corrected chi connectivity index (χ2v) is 7.07. The Hall–Kier alpha value is -1.95. The smallest absolute Gasteiger partial charge is 0.135 e. The van der Waals surface area contributed by atoms with E-state index < -0.39 is 0 Å². The van der Waals surface area contributed by atoms with Gasteiger partial charge in [0.1, 0.15) is 11.3 Å². The van der Waals surface area contributed by atoms with Gasteiger partial charge in [-0.3, -0.25) is 4.98 Å². The number of pyridine rings is 1. The summed E-state index contributed by atoms with van der Waals surface area (Å²) >= 11 is 3.62. The Morgan fingerprint density at radius 3 is 2.96 bits per heavy atom. The van der Waals surface area contributed by atoms with Gasteiger partial charge in [0.05, 0.1) is 16.6 Å². The van der Waals surface area contributed by atoms with E-state index in [1.807, 2.05) is 23.0 Å². The lowest BCUT2D eigenvalue weighted by atomic mass is 10.2. The van der Waals surface area contributed by atoms with Crippen molar-refractivity contribution in [1.82, 2.24) is 20.0 Å². The van der Waals surface area contributed by atoms with E-state index >= 15 is 0 Å². The number of rotatable bonds is 7. The summed E-state index contributed by atoms with van der Waals surface area (Å²) in [6.45, 7) is 1.63. The summed E-state index contributed by atoms with van der Waals surface area (Å²) < 4.78 is 8.82. The number of hydrogen-bond acceptors (Lipinski definition) is 4. The normalized spacial score (nSPS) is 14.2. The average molecular weight is 387 g/mol. The van der Waals surface area contributed by atoms with E-state index in [2.05, 4.69) is 43.4 Å². The zero-order valence-corrected chi connectivity index (χ0v) is 14.9. The molecule has 1 aliphatic rings. The SMILES string of the molecule is Brc1c(OCCCc2cccnc2)ccc2c1nnn2CC1CC1. The van der Waals surface area contributed by atoms with Crippen LogP contribution < -0.4 is 4.74 Å². The minimum atomic E-state index is 0.662. The average Bonchev–Trinajstić information content (AvgIpc) is 3.33. The number of aryl methyl sites for hydroxylation is 1. The number of hydrogen-bond donors (Lipinski definition) is 0. The molecule has 0 bridgehead atoms. The maximum atomic E-state index is 5.92. The van der Waals surface area contributed by atoms with Gasteiger partial charge in [-0.05, 0) is 71.3 Å². The Kier molecular flexibility index (Phi) is 4.47. The van der Waals surface area contributed by atoms with E-state index in [1.165, 1.54) is 18.4 Å². The summed E-state index contributed by atoms with van der Waals surface area (Å²) in [5.41, 5.74) is 3.18. The first-order valence-corrected chi connectivity index (χ1v) is 9.14. The van der Waals surface area contributed by atoms with Crippen molar-refractivity contribution in [2.24, 2.45) is 5.92 Å². The van der Waals surface area contributed by atoms with Crippen LogP contribution in [0.25, 0.3) is 11.0 Å². The second-order valence-electron chi connectivity index (χ2n) is 6.27. The van der Waals surface area contributed by atoms with Crippen molar-refractivity contribution in [3.05, 3.63) is 46.7 Å². The fourth-order valence-electron chi connectivity index (χ4n) is 2.78. The van der Waals surface area contributed by atoms with Crippen LogP contribution in [0.15, 0.2) is 41.1 Å². The van der Waals surface area contributed by atoms with E-state index in [4.69, 9.17) is 4.74 Å². The van der Waals surface area contributed by atoms with E-state index in [1.54, 1.807) is 6.20 Å². The highest BCUT2D eigenvalue weighted by atomic mass is 79.9. The van der Waals surface area contributed by atoms with E-state index in [0.29, 0.717) is 6.61 Å². The Morgan fingerprint density at radius 2 is 2.17 bits per heavy atom. The molecular weight excluding hydrogens is 368 g/mol. The standard InChI is InChI=1S/C18H19BrN4O/c19-17-16(24-10-2-4-13-3-1-9-20-11-13)8-7-15-18(17)21-22-23(15)12-14-5-6-14/h1,3,7-9,11,14H,2,4-6,10,12H2. The van der Waals surface area contributed by atoms with Crippen LogP contribution in [0.4, 0.5) is 0 Å². The van der Waals surface area contributed by atoms with E-state index in [9.17, 15) is 0 Å². The van der Waals surface area contributed by atoms with Gasteiger partial charge < -0.3 is 4.74 Å². The molecule has 1 saturated carbocycles. The third-order valence-corrected chi connectivity index (χ3v) is 5.07. The van der Waals surface area contributed by atoms with Crippen LogP contribution in [0.5, 0.6) is 5.75 Å². The lowest BCUT2D eigenvalue weighted by Gasteiger charge is -2.09. The molecule has 2 heterocycles. The number of fused-ring (bicyclic) bond motifs is 1. The molecule has 4 rings (SSSR count). The van der Waals surface area contributed by atoms with Crippen LogP contribution in [0.2, 0.25) is 0 Å². The van der Waals surface area contributed by atoms with Crippen molar-refractivity contribution in [3.63, 3.8) is 0 Å². The zero-order chi connectivity index (χ0) is 16.4. The molecule has 1 fully saturated rings. The van der Waals surface area contributed by atoms with Gasteiger partial charge in [0.15, 0.2) is 0 Å². The quantitative estimate of drug-likeness (QED) is 0.575. The highest BCUT2D eigenvalue weighted by Crippen LogP contribution is 2.34. The Morgan fingerprint density at radius 1 is 1.25 bits per heavy atom. The molecule has 1 aliphatic carbocycles. The van der Waals surface area contributed by atoms with Crippen LogP contribution in [-0.2, 0) is 13.0 Å². The molecule has 0 unspecified atom stereocenters. The van der Waals surface area contributed by atoms with Crippen LogP contribution >= 0.6 is 15.9 Å². The van der Waals surface area contributed by atoms with Crippen molar-refractivity contribution in [2.75, 3.05) is 6.61 Å². The summed E-state index contributed by atoms with van der Waals surface area (Å²) in [4.78, 5) is 4.13. The van der Waals surface area contributed by atoms with Crippen LogP contribution in [0.3, 0.4) is 0 Å². The molecule has 2 aromatic heterocycles. The number of ether oxygens (including phenoxy) is 1. The molecule has 6 heteroatoms. The fraction of sp³-hybridized carbons (Fsp3) is 0.389. The highest BCUT2D eigenvalue weighted by Gasteiger charge is 2.23. The molecule has 0 spiro atoms. The van der Waals surface area contributed by atoms with Crippen LogP contribution in [0.1, 0.15) is 24.8 Å². The molecule has 0 atom stereocenters. The Bertz CT molecular complexity index is 830. The van der Waals surface area contributed by atoms with Gasteiger partial charge in [-0.15, -0.1) is 5.10 Å². The highest BCUT2D eigenvalue weighted by molar-refractivity contribution is 9.10. The topological polar surface area (TPSA) is 52.8 Å². The molecule has 0 N–H and O–H groups in total. The van der Waals surface area contributed by atoms with Gasteiger partial charge in [0.2, 0.25) is 0 Å². The Balaban J connectivity index is 1.40. The molecule has 1 aromatic carbocycles. The molecule has 0 radical (unpaired) electrons. The maximum absolute atomic E-state index is 5.92. The molecule has 24 heavy (non-hydrogen) atoms. The summed E-state index contributed by atoms with van der Waals surface area (Å²) in [5, 5.41) is 8.60. The lowest BCUT2D eigenvalue weighted by molar-refractivity contribution is 0.309. The summed E-state index contributed by atoms with van der Waals surface area (Å²) in [6, 6.07) is 8.11. The number of nitrogens with zero attached hydrogens (tertiary/aromatic N) is 4. The molecule has 3 aromatic rings. The van der Waals surface area contributed by atoms with Crippen molar-refractivity contribution in [3.8, 4) is 5.75 Å². The van der Waals surface area contributed by atoms with Gasteiger partial charge in [-0.25, -0.2) is 4.68 Å². The summed E-state index contributed by atoms with van der Waals surface area (Å²) in [7, 11) is 0. The third-order valence-electron chi connectivity index (χ3n) is 4.31. The lowest BCUT2D eigenvalue weighted by Crippen LogP contribution is -2.02. The molecule has 5 nitrogen and oxygen atoms in total. The molecule has 0 amide bonds. The molecule has 124 valence electrons. The van der Waals surface area contributed by atoms with Gasteiger partial charge in [0.25, 0.3) is 0 Å². The first kappa shape index (κ1) is 15.6. The minimum Gasteiger partial charge on any atom is -0.492 e. The first-order valence-electron chi connectivity index (χ1n) is 8.34. The van der Waals surface area contributed by atoms with Crippen molar-refractivity contribution >= 4 is 27.0 Å². The second kappa shape index (κ2) is 6.89. The summed E-state index contributed by atoms with van der Waals surface area (Å²) in [6.07, 6.45) is 8.22. The van der Waals surface area contributed by atoms with Crippen LogP contribution in [-0.4, -0.2) is 26.6 Å². The third kappa shape index (κ3) is 3.43. The minimum absolute atomic E-state index is 0.662. The predicted molar refractivity (Wildman–Crippen MR) is 96.0 cm³/mol. The van der Waals surface area contributed by atoms with E-state index in [0.717, 1.165) is 46.6 Å². The van der Waals surface area contributed by atoms with Gasteiger partial charge in [-0.1, -0.05) is 11.3 Å². The monoisotopic (exact) mass is 386 g/mol. The van der Waals surface area contributed by atoms with E-state index in [-0.39, 0.29) is 0 Å². The number of halogens is 1. The van der Waals surface area contributed by atoms with Crippen molar-refractivity contribution in [1.29, 1.82) is 0 Å². The molecule has 0 aliphatic heterocycles. The largest absolute Gasteiger partial charge is 0.492 e. The predicted octanol–water partition coefficient (Wildman–Crippen LogP) is 4.01. The first-order chi connectivity index (χ1) is 11.8. The Labute approximate surface area is 149 Å². The molecule has 0 saturated heterocycles. The van der Waals surface area contributed by atoms with Crippen molar-refractivity contribution in [2.45, 2.75) is 32.2 Å². The van der Waals surface area contributed by atoms with Gasteiger partial charge in [-0.2, -0.15) is 0 Å². The number of benzene rings is 1. The molecular formula is C18H19BrN4O. The summed E-state index contributed by atoms with van der Waals surface area (Å²) in [5.74, 6) is 1.60. The van der Waals surface area contributed by atoms with Crippen LogP contribution in [0, 0.1) is 5.92 Å². The zero-order valence-electron chi connectivity index (χ0n) is 13.4. The van der Waals surface area contributed by atoms with Crippen molar-refractivity contribution < 1.29 is 4.74 Å². The van der Waals surface area contributed by atoms with Gasteiger partial charge >= 0.3 is 0 Å². The fourth-order valence-corrected chi connectivity index (χ4v) is 3.31. The maximum Gasteiger partial charge on any atom is 0.135 e. The van der Waals surface area contributed by atoms with Gasteiger partial charge in [0, 0.05) is 18.9 Å². The number of aromatic nitrogens is 4.